The number of aryl methyl sites for hydroxylation is 1. The van der Waals surface area contributed by atoms with Crippen LogP contribution in [0.5, 0.6) is 0 Å². The molecule has 1 amide bonds. The molecule has 0 atom stereocenters. The molecule has 1 aromatic carbocycles. The number of anilines is 1. The number of thiocarbonyl (C=S) groups is 1. The fraction of sp³-hybridized carbons (Fsp3) is 0.429. The van der Waals surface area contributed by atoms with Crippen LogP contribution in [0.1, 0.15) is 25.3 Å². The van der Waals surface area contributed by atoms with E-state index in [1.165, 1.54) is 11.8 Å². The van der Waals surface area contributed by atoms with Crippen molar-refractivity contribution in [1.29, 1.82) is 0 Å². The van der Waals surface area contributed by atoms with Crippen molar-refractivity contribution in [2.24, 2.45) is 0 Å². The molecule has 1 rings (SSSR count). The molecule has 0 radical (unpaired) electrons. The van der Waals surface area contributed by atoms with Gasteiger partial charge in [-0.1, -0.05) is 42.8 Å². The molecule has 0 spiro atoms. The van der Waals surface area contributed by atoms with Crippen molar-refractivity contribution in [3.63, 3.8) is 0 Å². The second-order valence-corrected chi connectivity index (χ2v) is 5.73. The first-order chi connectivity index (χ1) is 9.11. The van der Waals surface area contributed by atoms with Crippen molar-refractivity contribution in [3.8, 4) is 0 Å². The fourth-order valence-electron chi connectivity index (χ4n) is 1.30. The van der Waals surface area contributed by atoms with Gasteiger partial charge >= 0.3 is 0 Å². The summed E-state index contributed by atoms with van der Waals surface area (Å²) in [6, 6.07) is 7.68. The first-order valence-electron chi connectivity index (χ1n) is 6.28. The van der Waals surface area contributed by atoms with Gasteiger partial charge in [-0.3, -0.25) is 4.79 Å². The Morgan fingerprint density at radius 1 is 1.37 bits per heavy atom. The van der Waals surface area contributed by atoms with Gasteiger partial charge in [0.2, 0.25) is 10.3 Å². The highest BCUT2D eigenvalue weighted by Crippen LogP contribution is 2.11. The summed E-state index contributed by atoms with van der Waals surface area (Å²) in [6.45, 7) is 4.73. The van der Waals surface area contributed by atoms with Gasteiger partial charge in [0.05, 0.1) is 12.4 Å². The summed E-state index contributed by atoms with van der Waals surface area (Å²) in [4.78, 5) is 11.7. The quantitative estimate of drug-likeness (QED) is 0.641. The third-order valence-electron chi connectivity index (χ3n) is 2.37. The van der Waals surface area contributed by atoms with Crippen molar-refractivity contribution in [1.82, 2.24) is 0 Å². The van der Waals surface area contributed by atoms with Gasteiger partial charge in [0.25, 0.3) is 0 Å². The van der Waals surface area contributed by atoms with Crippen LogP contribution in [0.3, 0.4) is 0 Å². The van der Waals surface area contributed by atoms with Crippen LogP contribution in [0.2, 0.25) is 0 Å². The first-order valence-corrected chi connectivity index (χ1v) is 7.67. The maximum Gasteiger partial charge on any atom is 0.234 e. The summed E-state index contributed by atoms with van der Waals surface area (Å²) in [7, 11) is 0. The predicted octanol–water partition coefficient (Wildman–Crippen LogP) is 3.77. The van der Waals surface area contributed by atoms with Gasteiger partial charge in [-0.05, 0) is 37.7 Å². The lowest BCUT2D eigenvalue weighted by Gasteiger charge is -2.07. The number of thioether (sulfide) groups is 1. The van der Waals surface area contributed by atoms with Crippen molar-refractivity contribution in [2.75, 3.05) is 17.7 Å². The van der Waals surface area contributed by atoms with E-state index in [-0.39, 0.29) is 11.7 Å². The van der Waals surface area contributed by atoms with E-state index in [4.69, 9.17) is 17.0 Å². The molecule has 1 N–H and O–H groups in total. The standard InChI is InChI=1S/C14H19NO2S2/c1-3-4-9-17-14(18)19-10-13(16)15-12-7-5-11(2)6-8-12/h5-8H,3-4,9-10H2,1-2H3,(H,15,16). The minimum Gasteiger partial charge on any atom is -0.479 e. The van der Waals surface area contributed by atoms with Crippen molar-refractivity contribution in [3.05, 3.63) is 29.8 Å². The minimum atomic E-state index is -0.0738. The van der Waals surface area contributed by atoms with Crippen LogP contribution in [0, 0.1) is 6.92 Å². The number of unbranched alkanes of at least 4 members (excludes halogenated alkanes) is 1. The molecular weight excluding hydrogens is 278 g/mol. The van der Waals surface area contributed by atoms with E-state index < -0.39 is 0 Å². The third-order valence-corrected chi connectivity index (χ3v) is 3.61. The first kappa shape index (κ1) is 16.0. The summed E-state index contributed by atoms with van der Waals surface area (Å²) < 4.78 is 5.75. The van der Waals surface area contributed by atoms with Crippen molar-refractivity contribution >= 4 is 40.0 Å². The van der Waals surface area contributed by atoms with Crippen molar-refractivity contribution < 1.29 is 9.53 Å². The van der Waals surface area contributed by atoms with E-state index in [0.717, 1.165) is 24.1 Å². The zero-order valence-corrected chi connectivity index (χ0v) is 12.9. The van der Waals surface area contributed by atoms with Gasteiger partial charge < -0.3 is 10.1 Å². The minimum absolute atomic E-state index is 0.0738. The van der Waals surface area contributed by atoms with Gasteiger partial charge in [0, 0.05) is 5.69 Å². The Morgan fingerprint density at radius 3 is 2.68 bits per heavy atom. The molecule has 5 heteroatoms. The smallest absolute Gasteiger partial charge is 0.234 e. The Labute approximate surface area is 124 Å². The number of carbonyl (C=O) groups is 1. The van der Waals surface area contributed by atoms with E-state index in [0.29, 0.717) is 11.0 Å². The van der Waals surface area contributed by atoms with Crippen LogP contribution in [-0.2, 0) is 9.53 Å². The van der Waals surface area contributed by atoms with Crippen LogP contribution in [0.15, 0.2) is 24.3 Å². The van der Waals surface area contributed by atoms with E-state index in [1.54, 1.807) is 0 Å². The number of amides is 1. The molecule has 19 heavy (non-hydrogen) atoms. The average molecular weight is 297 g/mol. The molecule has 0 unspecified atom stereocenters. The molecule has 0 aliphatic rings. The van der Waals surface area contributed by atoms with Gasteiger partial charge in [0.15, 0.2) is 0 Å². The Kier molecular flexibility index (Phi) is 7.52. The number of ether oxygens (including phenoxy) is 1. The van der Waals surface area contributed by atoms with Crippen LogP contribution in [0.4, 0.5) is 5.69 Å². The molecule has 3 nitrogen and oxygen atoms in total. The monoisotopic (exact) mass is 297 g/mol. The Morgan fingerprint density at radius 2 is 2.05 bits per heavy atom. The molecule has 0 saturated heterocycles. The number of nitrogens with one attached hydrogen (secondary N) is 1. The normalized spacial score (nSPS) is 10.0. The molecule has 104 valence electrons. The molecule has 0 aromatic heterocycles. The number of rotatable bonds is 6. The number of hydrogen-bond donors (Lipinski definition) is 1. The van der Waals surface area contributed by atoms with E-state index in [2.05, 4.69) is 12.2 Å². The molecule has 0 fully saturated rings. The number of hydrogen-bond acceptors (Lipinski definition) is 4. The average Bonchev–Trinajstić information content (AvgIpc) is 2.39. The Bertz CT molecular complexity index is 418. The highest BCUT2D eigenvalue weighted by Gasteiger charge is 2.06. The molecule has 0 saturated carbocycles. The number of benzene rings is 1. The third kappa shape index (κ3) is 7.18. The molecule has 0 aliphatic carbocycles. The highest BCUT2D eigenvalue weighted by molar-refractivity contribution is 8.23. The van der Waals surface area contributed by atoms with Crippen LogP contribution < -0.4 is 5.32 Å². The van der Waals surface area contributed by atoms with Gasteiger partial charge in [-0.2, -0.15) is 0 Å². The van der Waals surface area contributed by atoms with Crippen LogP contribution >= 0.6 is 24.0 Å². The zero-order chi connectivity index (χ0) is 14.1. The summed E-state index contributed by atoms with van der Waals surface area (Å²) in [5.41, 5.74) is 1.96. The van der Waals surface area contributed by atoms with E-state index in [1.807, 2.05) is 31.2 Å². The molecule has 1 aromatic rings. The van der Waals surface area contributed by atoms with Crippen LogP contribution in [-0.4, -0.2) is 22.6 Å². The molecule has 0 aliphatic heterocycles. The number of carbonyl (C=O) groups excluding carboxylic acids is 1. The topological polar surface area (TPSA) is 38.3 Å². The van der Waals surface area contributed by atoms with E-state index in [9.17, 15) is 4.79 Å². The predicted molar refractivity (Wildman–Crippen MR) is 85.7 cm³/mol. The Balaban J connectivity index is 2.24. The molecular formula is C14H19NO2S2. The Hall–Kier alpha value is -1.07. The summed E-state index contributed by atoms with van der Waals surface area (Å²) in [5, 5.41) is 2.82. The van der Waals surface area contributed by atoms with Crippen molar-refractivity contribution in [2.45, 2.75) is 26.7 Å². The molecule has 0 bridgehead atoms. The lowest BCUT2D eigenvalue weighted by atomic mass is 10.2. The SMILES string of the molecule is CCCCOC(=S)SCC(=O)Nc1ccc(C)cc1. The summed E-state index contributed by atoms with van der Waals surface area (Å²) >= 11 is 6.28. The lowest BCUT2D eigenvalue weighted by molar-refractivity contribution is -0.113. The lowest BCUT2D eigenvalue weighted by Crippen LogP contribution is -2.15. The summed E-state index contributed by atoms with van der Waals surface area (Å²) in [6.07, 6.45) is 2.05. The second kappa shape index (κ2) is 8.93. The maximum atomic E-state index is 11.7. The van der Waals surface area contributed by atoms with E-state index >= 15 is 0 Å². The fourth-order valence-corrected chi connectivity index (χ4v) is 2.05. The summed E-state index contributed by atoms with van der Waals surface area (Å²) in [5.74, 6) is 0.203. The molecule has 0 heterocycles. The van der Waals surface area contributed by atoms with Gasteiger partial charge in [0.1, 0.15) is 0 Å². The van der Waals surface area contributed by atoms with Gasteiger partial charge in [-0.25, -0.2) is 0 Å². The van der Waals surface area contributed by atoms with Gasteiger partial charge in [-0.15, -0.1) is 0 Å². The second-order valence-electron chi connectivity index (χ2n) is 4.15. The maximum absolute atomic E-state index is 11.7. The largest absolute Gasteiger partial charge is 0.479 e. The zero-order valence-electron chi connectivity index (χ0n) is 11.3. The highest BCUT2D eigenvalue weighted by atomic mass is 32.2. The van der Waals surface area contributed by atoms with Crippen LogP contribution in [0.25, 0.3) is 0 Å².